The van der Waals surface area contributed by atoms with Crippen LogP contribution in [0.25, 0.3) is 0 Å². The van der Waals surface area contributed by atoms with Gasteiger partial charge in [-0.1, -0.05) is 0 Å². The van der Waals surface area contributed by atoms with E-state index in [2.05, 4.69) is 4.98 Å². The molecule has 0 saturated heterocycles. The maximum Gasteiger partial charge on any atom is 0.335 e. The Morgan fingerprint density at radius 2 is 1.95 bits per heavy atom. The van der Waals surface area contributed by atoms with Crippen LogP contribution in [0.5, 0.6) is 0 Å². The second-order valence-corrected chi connectivity index (χ2v) is 6.81. The van der Waals surface area contributed by atoms with Crippen molar-refractivity contribution in [2.75, 3.05) is 0 Å². The first kappa shape index (κ1) is 13.9. The molecule has 0 bridgehead atoms. The van der Waals surface area contributed by atoms with Crippen LogP contribution >= 0.6 is 11.3 Å². The number of thiazole rings is 1. The Kier molecular flexibility index (Phi) is 4.11. The van der Waals surface area contributed by atoms with Gasteiger partial charge in [0.1, 0.15) is 5.01 Å². The average Bonchev–Trinajstić information content (AvgIpc) is 2.68. The van der Waals surface area contributed by atoms with E-state index < -0.39 is 16.8 Å². The first-order chi connectivity index (χ1) is 8.97. The number of aromatic nitrogens is 1. The summed E-state index contributed by atoms with van der Waals surface area (Å²) in [6.07, 6.45) is 0. The first-order valence-electron chi connectivity index (χ1n) is 5.62. The molecule has 0 aliphatic heterocycles. The molecule has 2 aromatic rings. The third kappa shape index (κ3) is 3.27. The van der Waals surface area contributed by atoms with Crippen LogP contribution in [0.1, 0.15) is 25.9 Å². The van der Waals surface area contributed by atoms with Gasteiger partial charge in [0.25, 0.3) is 0 Å². The molecule has 0 aliphatic rings. The van der Waals surface area contributed by atoms with Gasteiger partial charge in [-0.3, -0.25) is 4.21 Å². The molecule has 0 fully saturated rings. The molecule has 1 aromatic heterocycles. The Labute approximate surface area is 117 Å². The van der Waals surface area contributed by atoms with Crippen molar-refractivity contribution in [2.24, 2.45) is 0 Å². The van der Waals surface area contributed by atoms with Crippen molar-refractivity contribution in [1.29, 1.82) is 0 Å². The van der Waals surface area contributed by atoms with Crippen LogP contribution in [0.15, 0.2) is 29.2 Å². The predicted octanol–water partition coefficient (Wildman–Crippen LogP) is 2.77. The molecule has 4 nitrogen and oxygen atoms in total. The summed E-state index contributed by atoms with van der Waals surface area (Å²) in [4.78, 5) is 16.8. The minimum Gasteiger partial charge on any atom is -0.478 e. The SMILES string of the molecule is Cc1nc(CS(=O)c2ccc(C(=O)O)cc2)sc1C. The Morgan fingerprint density at radius 3 is 2.42 bits per heavy atom. The summed E-state index contributed by atoms with van der Waals surface area (Å²) in [5.74, 6) is -0.616. The molecule has 0 amide bonds. The molecule has 0 aliphatic carbocycles. The fraction of sp³-hybridized carbons (Fsp3) is 0.231. The van der Waals surface area contributed by atoms with Crippen LogP contribution in [-0.4, -0.2) is 20.3 Å². The van der Waals surface area contributed by atoms with Crippen molar-refractivity contribution in [3.8, 4) is 0 Å². The number of carboxylic acids is 1. The third-order valence-corrected chi connectivity index (χ3v) is 5.28. The van der Waals surface area contributed by atoms with Crippen LogP contribution in [0.2, 0.25) is 0 Å². The van der Waals surface area contributed by atoms with E-state index >= 15 is 0 Å². The molecule has 1 atom stereocenters. The van der Waals surface area contributed by atoms with Gasteiger partial charge in [0.05, 0.1) is 27.8 Å². The van der Waals surface area contributed by atoms with Crippen molar-refractivity contribution < 1.29 is 14.1 Å². The van der Waals surface area contributed by atoms with Gasteiger partial charge in [-0.25, -0.2) is 9.78 Å². The molecule has 2 rings (SSSR count). The summed E-state index contributed by atoms with van der Waals surface area (Å²) < 4.78 is 12.1. The summed E-state index contributed by atoms with van der Waals surface area (Å²) >= 11 is 1.55. The Hall–Kier alpha value is -1.53. The number of hydrogen-bond acceptors (Lipinski definition) is 4. The van der Waals surface area contributed by atoms with Gasteiger partial charge in [0.2, 0.25) is 0 Å². The molecule has 6 heteroatoms. The molecule has 0 saturated carbocycles. The molecular formula is C13H13NO3S2. The van der Waals surface area contributed by atoms with E-state index in [1.165, 1.54) is 12.1 Å². The van der Waals surface area contributed by atoms with Crippen molar-refractivity contribution >= 4 is 28.1 Å². The smallest absolute Gasteiger partial charge is 0.335 e. The number of aryl methyl sites for hydroxylation is 2. The van der Waals surface area contributed by atoms with Crippen LogP contribution in [0.4, 0.5) is 0 Å². The molecular weight excluding hydrogens is 282 g/mol. The van der Waals surface area contributed by atoms with E-state index in [-0.39, 0.29) is 5.56 Å². The lowest BCUT2D eigenvalue weighted by Gasteiger charge is -2.00. The summed E-state index contributed by atoms with van der Waals surface area (Å²) in [5, 5.41) is 9.64. The first-order valence-corrected chi connectivity index (χ1v) is 7.75. The van der Waals surface area contributed by atoms with Crippen LogP contribution in [-0.2, 0) is 16.6 Å². The third-order valence-electron chi connectivity index (χ3n) is 2.69. The number of carbonyl (C=O) groups is 1. The topological polar surface area (TPSA) is 67.3 Å². The van der Waals surface area contributed by atoms with E-state index in [1.807, 2.05) is 13.8 Å². The highest BCUT2D eigenvalue weighted by molar-refractivity contribution is 7.84. The Balaban J connectivity index is 2.13. The molecule has 19 heavy (non-hydrogen) atoms. The highest BCUT2D eigenvalue weighted by atomic mass is 32.2. The van der Waals surface area contributed by atoms with E-state index in [1.54, 1.807) is 23.5 Å². The lowest BCUT2D eigenvalue weighted by molar-refractivity contribution is 0.0697. The fourth-order valence-electron chi connectivity index (χ4n) is 1.55. The van der Waals surface area contributed by atoms with Crippen molar-refractivity contribution in [3.63, 3.8) is 0 Å². The number of carboxylic acid groups (broad SMARTS) is 1. The lowest BCUT2D eigenvalue weighted by Crippen LogP contribution is -1.99. The van der Waals surface area contributed by atoms with Crippen LogP contribution < -0.4 is 0 Å². The van der Waals surface area contributed by atoms with Crippen molar-refractivity contribution in [2.45, 2.75) is 24.5 Å². The molecule has 1 unspecified atom stereocenters. The van der Waals surface area contributed by atoms with E-state index in [0.29, 0.717) is 10.6 Å². The number of benzene rings is 1. The monoisotopic (exact) mass is 295 g/mol. The van der Waals surface area contributed by atoms with Gasteiger partial charge in [-0.05, 0) is 38.1 Å². The minimum atomic E-state index is -1.20. The Bertz CT molecular complexity index is 612. The van der Waals surface area contributed by atoms with Gasteiger partial charge in [0.15, 0.2) is 0 Å². The fourth-order valence-corrected chi connectivity index (χ4v) is 3.73. The van der Waals surface area contributed by atoms with E-state index in [0.717, 1.165) is 15.6 Å². The zero-order chi connectivity index (χ0) is 14.0. The molecule has 1 heterocycles. The maximum absolute atomic E-state index is 12.1. The largest absolute Gasteiger partial charge is 0.478 e. The van der Waals surface area contributed by atoms with Gasteiger partial charge in [0, 0.05) is 9.77 Å². The number of rotatable bonds is 4. The summed E-state index contributed by atoms with van der Waals surface area (Å²) in [7, 11) is -1.20. The van der Waals surface area contributed by atoms with Gasteiger partial charge >= 0.3 is 5.97 Å². The van der Waals surface area contributed by atoms with Crippen molar-refractivity contribution in [3.05, 3.63) is 45.4 Å². The van der Waals surface area contributed by atoms with Gasteiger partial charge in [-0.15, -0.1) is 11.3 Å². The number of hydrogen-bond donors (Lipinski definition) is 1. The zero-order valence-corrected chi connectivity index (χ0v) is 12.2. The average molecular weight is 295 g/mol. The minimum absolute atomic E-state index is 0.196. The summed E-state index contributed by atoms with van der Waals surface area (Å²) in [5.41, 5.74) is 1.17. The highest BCUT2D eigenvalue weighted by Gasteiger charge is 2.11. The molecule has 100 valence electrons. The molecule has 1 N–H and O–H groups in total. The van der Waals surface area contributed by atoms with Crippen LogP contribution in [0.3, 0.4) is 0 Å². The number of nitrogens with zero attached hydrogens (tertiary/aromatic N) is 1. The standard InChI is InChI=1S/C13H13NO3S2/c1-8-9(2)18-12(14-8)7-19(17)11-5-3-10(4-6-11)13(15)16/h3-6H,7H2,1-2H3,(H,15,16). The normalized spacial score (nSPS) is 12.3. The molecule has 0 spiro atoms. The highest BCUT2D eigenvalue weighted by Crippen LogP contribution is 2.20. The van der Waals surface area contributed by atoms with Crippen LogP contribution in [0, 0.1) is 13.8 Å². The molecule has 0 radical (unpaired) electrons. The number of aromatic carboxylic acids is 1. The van der Waals surface area contributed by atoms with E-state index in [9.17, 15) is 9.00 Å². The Morgan fingerprint density at radius 1 is 1.32 bits per heavy atom. The van der Waals surface area contributed by atoms with Gasteiger partial charge in [-0.2, -0.15) is 0 Å². The zero-order valence-electron chi connectivity index (χ0n) is 10.5. The second kappa shape index (κ2) is 5.63. The van der Waals surface area contributed by atoms with Crippen molar-refractivity contribution in [1.82, 2.24) is 4.98 Å². The second-order valence-electron chi connectivity index (χ2n) is 4.07. The predicted molar refractivity (Wildman–Crippen MR) is 75.1 cm³/mol. The lowest BCUT2D eigenvalue weighted by atomic mass is 10.2. The quantitative estimate of drug-likeness (QED) is 0.941. The van der Waals surface area contributed by atoms with Gasteiger partial charge < -0.3 is 5.11 Å². The van der Waals surface area contributed by atoms with E-state index in [4.69, 9.17) is 5.11 Å². The summed E-state index contributed by atoms with van der Waals surface area (Å²) in [6, 6.07) is 6.11. The summed E-state index contributed by atoms with van der Waals surface area (Å²) in [6.45, 7) is 3.92. The maximum atomic E-state index is 12.1. The molecule has 1 aromatic carbocycles.